The summed E-state index contributed by atoms with van der Waals surface area (Å²) in [6.07, 6.45) is 4.05. The molecule has 0 unspecified atom stereocenters. The lowest BCUT2D eigenvalue weighted by Crippen LogP contribution is -2.23. The SMILES string of the molecule is CNCCCN(C)c1cc(Nc2ncc(C(=O)Nc3c(C)cccc3Cl)s2)ncn1. The van der Waals surface area contributed by atoms with Gasteiger partial charge in [-0.1, -0.05) is 35.1 Å². The number of hydrogen-bond acceptors (Lipinski definition) is 8. The number of hydrogen-bond donors (Lipinski definition) is 3. The summed E-state index contributed by atoms with van der Waals surface area (Å²) in [5, 5.41) is 10.2. The summed E-state index contributed by atoms with van der Waals surface area (Å²) in [5.41, 5.74) is 1.50. The fourth-order valence-electron chi connectivity index (χ4n) is 2.74. The highest BCUT2D eigenvalue weighted by Crippen LogP contribution is 2.28. The van der Waals surface area contributed by atoms with E-state index in [1.165, 1.54) is 23.9 Å². The van der Waals surface area contributed by atoms with Crippen molar-refractivity contribution >= 4 is 51.3 Å². The molecule has 0 saturated carbocycles. The third kappa shape index (κ3) is 5.65. The summed E-state index contributed by atoms with van der Waals surface area (Å²) >= 11 is 7.43. The van der Waals surface area contributed by atoms with Crippen molar-refractivity contribution in [3.05, 3.63) is 52.3 Å². The van der Waals surface area contributed by atoms with E-state index in [0.717, 1.165) is 30.9 Å². The number of anilines is 4. The van der Waals surface area contributed by atoms with Crippen LogP contribution in [-0.4, -0.2) is 48.0 Å². The van der Waals surface area contributed by atoms with Gasteiger partial charge in [-0.2, -0.15) is 0 Å². The Bertz CT molecular complexity index is 990. The van der Waals surface area contributed by atoms with Gasteiger partial charge in [-0.05, 0) is 38.6 Å². The van der Waals surface area contributed by atoms with Crippen LogP contribution in [0.15, 0.2) is 36.8 Å². The smallest absolute Gasteiger partial charge is 0.267 e. The van der Waals surface area contributed by atoms with Crippen molar-refractivity contribution in [1.29, 1.82) is 0 Å². The minimum atomic E-state index is -0.260. The van der Waals surface area contributed by atoms with Gasteiger partial charge in [0, 0.05) is 19.7 Å². The fraction of sp³-hybridized carbons (Fsp3) is 0.300. The first kappa shape index (κ1) is 21.9. The molecule has 0 bridgehead atoms. The molecule has 0 aliphatic heterocycles. The Kier molecular flexibility index (Phi) is 7.56. The van der Waals surface area contributed by atoms with Crippen molar-refractivity contribution in [3.63, 3.8) is 0 Å². The summed E-state index contributed by atoms with van der Waals surface area (Å²) in [7, 11) is 3.93. The Hall–Kier alpha value is -2.75. The molecule has 3 aromatic rings. The number of aryl methyl sites for hydroxylation is 1. The van der Waals surface area contributed by atoms with Gasteiger partial charge in [0.05, 0.1) is 16.9 Å². The maximum absolute atomic E-state index is 12.6. The number of carbonyl (C=O) groups is 1. The molecule has 10 heteroatoms. The molecule has 0 radical (unpaired) electrons. The molecule has 2 aromatic heterocycles. The van der Waals surface area contributed by atoms with E-state index in [4.69, 9.17) is 11.6 Å². The molecule has 0 aliphatic rings. The number of carbonyl (C=O) groups excluding carboxylic acids is 1. The number of aromatic nitrogens is 3. The molecule has 0 spiro atoms. The molecule has 1 aromatic carbocycles. The predicted molar refractivity (Wildman–Crippen MR) is 123 cm³/mol. The van der Waals surface area contributed by atoms with Crippen LogP contribution in [0, 0.1) is 6.92 Å². The third-order valence-corrected chi connectivity index (χ3v) is 5.62. The van der Waals surface area contributed by atoms with E-state index in [9.17, 15) is 4.79 Å². The molecule has 3 N–H and O–H groups in total. The van der Waals surface area contributed by atoms with Gasteiger partial charge in [-0.25, -0.2) is 15.0 Å². The maximum Gasteiger partial charge on any atom is 0.267 e. The van der Waals surface area contributed by atoms with E-state index in [1.807, 2.05) is 39.2 Å². The van der Waals surface area contributed by atoms with Crippen LogP contribution < -0.4 is 20.9 Å². The van der Waals surface area contributed by atoms with Gasteiger partial charge >= 0.3 is 0 Å². The second-order valence-electron chi connectivity index (χ2n) is 6.68. The van der Waals surface area contributed by atoms with E-state index < -0.39 is 0 Å². The lowest BCUT2D eigenvalue weighted by atomic mass is 10.2. The summed E-state index contributed by atoms with van der Waals surface area (Å²) in [6, 6.07) is 7.33. The number of thiazole rings is 1. The number of benzene rings is 1. The molecule has 3 rings (SSSR count). The van der Waals surface area contributed by atoms with Crippen LogP contribution in [0.5, 0.6) is 0 Å². The van der Waals surface area contributed by atoms with Crippen LogP contribution in [0.3, 0.4) is 0 Å². The van der Waals surface area contributed by atoms with Crippen molar-refractivity contribution in [2.24, 2.45) is 0 Å². The van der Waals surface area contributed by atoms with Gasteiger partial charge in [-0.15, -0.1) is 0 Å². The molecule has 0 saturated heterocycles. The summed E-state index contributed by atoms with van der Waals surface area (Å²) < 4.78 is 0. The molecule has 8 nitrogen and oxygen atoms in total. The molecule has 30 heavy (non-hydrogen) atoms. The Balaban J connectivity index is 1.65. The van der Waals surface area contributed by atoms with E-state index in [0.29, 0.717) is 26.5 Å². The van der Waals surface area contributed by atoms with E-state index >= 15 is 0 Å². The van der Waals surface area contributed by atoms with Crippen molar-refractivity contribution in [3.8, 4) is 0 Å². The molecular formula is C20H24ClN7OS. The second-order valence-corrected chi connectivity index (χ2v) is 8.12. The number of halogens is 1. The van der Waals surface area contributed by atoms with Gasteiger partial charge in [0.1, 0.15) is 22.8 Å². The van der Waals surface area contributed by atoms with Crippen LogP contribution in [0.2, 0.25) is 5.02 Å². The highest BCUT2D eigenvalue weighted by atomic mass is 35.5. The first-order chi connectivity index (χ1) is 14.5. The summed E-state index contributed by atoms with van der Waals surface area (Å²) in [4.78, 5) is 28.0. The zero-order chi connectivity index (χ0) is 21.5. The molecule has 1 amide bonds. The number of amides is 1. The van der Waals surface area contributed by atoms with E-state index in [1.54, 1.807) is 6.07 Å². The van der Waals surface area contributed by atoms with Crippen molar-refractivity contribution in [1.82, 2.24) is 20.3 Å². The number of nitrogens with one attached hydrogen (secondary N) is 3. The van der Waals surface area contributed by atoms with Crippen molar-refractivity contribution < 1.29 is 4.79 Å². The molecule has 0 fully saturated rings. The Morgan fingerprint density at radius 2 is 2.10 bits per heavy atom. The zero-order valence-corrected chi connectivity index (χ0v) is 18.6. The van der Waals surface area contributed by atoms with E-state index in [2.05, 4.69) is 35.8 Å². The summed E-state index contributed by atoms with van der Waals surface area (Å²) in [6.45, 7) is 3.71. The van der Waals surface area contributed by atoms with Crippen molar-refractivity contribution in [2.45, 2.75) is 13.3 Å². The number of nitrogens with zero attached hydrogens (tertiary/aromatic N) is 4. The Morgan fingerprint density at radius 3 is 2.87 bits per heavy atom. The van der Waals surface area contributed by atoms with Crippen LogP contribution in [0.25, 0.3) is 0 Å². The molecule has 2 heterocycles. The molecule has 0 atom stereocenters. The largest absolute Gasteiger partial charge is 0.359 e. The Morgan fingerprint density at radius 1 is 1.27 bits per heavy atom. The topological polar surface area (TPSA) is 95.1 Å². The average molecular weight is 446 g/mol. The minimum Gasteiger partial charge on any atom is -0.359 e. The van der Waals surface area contributed by atoms with Gasteiger partial charge in [0.2, 0.25) is 0 Å². The average Bonchev–Trinajstić information content (AvgIpc) is 3.19. The number of para-hydroxylation sites is 1. The first-order valence-corrected chi connectivity index (χ1v) is 10.6. The minimum absolute atomic E-state index is 0.260. The highest BCUT2D eigenvalue weighted by molar-refractivity contribution is 7.17. The quantitative estimate of drug-likeness (QED) is 0.429. The Labute approximate surface area is 184 Å². The van der Waals surface area contributed by atoms with Crippen LogP contribution >= 0.6 is 22.9 Å². The lowest BCUT2D eigenvalue weighted by molar-refractivity contribution is 0.103. The standard InChI is InChI=1S/C20H24ClN7OS/c1-13-6-4-7-14(21)18(13)27-19(29)15-11-23-20(30-15)26-16-10-17(25-12-24-16)28(3)9-5-8-22-2/h4,6-7,10-12,22H,5,8-9H2,1-3H3,(H,27,29)(H,23,24,25,26). The van der Waals surface area contributed by atoms with Gasteiger partial charge in [0.25, 0.3) is 5.91 Å². The predicted octanol–water partition coefficient (Wildman–Crippen LogP) is 3.94. The normalized spacial score (nSPS) is 10.7. The van der Waals surface area contributed by atoms with Gasteiger partial charge in [-0.3, -0.25) is 4.79 Å². The highest BCUT2D eigenvalue weighted by Gasteiger charge is 2.14. The fourth-order valence-corrected chi connectivity index (χ4v) is 3.73. The monoisotopic (exact) mass is 445 g/mol. The van der Waals surface area contributed by atoms with Crippen LogP contribution in [-0.2, 0) is 0 Å². The van der Waals surface area contributed by atoms with Crippen LogP contribution in [0.4, 0.5) is 22.5 Å². The molecular weight excluding hydrogens is 422 g/mol. The van der Waals surface area contributed by atoms with Crippen molar-refractivity contribution in [2.75, 3.05) is 42.7 Å². The lowest BCUT2D eigenvalue weighted by Gasteiger charge is -2.18. The summed E-state index contributed by atoms with van der Waals surface area (Å²) in [5.74, 6) is 1.17. The molecule has 158 valence electrons. The van der Waals surface area contributed by atoms with E-state index in [-0.39, 0.29) is 5.91 Å². The second kappa shape index (κ2) is 10.3. The third-order valence-electron chi connectivity index (χ3n) is 4.39. The first-order valence-electron chi connectivity index (χ1n) is 9.45. The number of rotatable bonds is 9. The van der Waals surface area contributed by atoms with Crippen LogP contribution in [0.1, 0.15) is 21.7 Å². The maximum atomic E-state index is 12.6. The molecule has 0 aliphatic carbocycles. The van der Waals surface area contributed by atoms with Gasteiger partial charge in [0.15, 0.2) is 5.13 Å². The van der Waals surface area contributed by atoms with Gasteiger partial charge < -0.3 is 20.9 Å². The zero-order valence-electron chi connectivity index (χ0n) is 17.1.